The van der Waals surface area contributed by atoms with Crippen LogP contribution in [0.15, 0.2) is 27.6 Å². The zero-order valence-corrected chi connectivity index (χ0v) is 13.6. The molecule has 0 amide bonds. The molecule has 3 heterocycles. The summed E-state index contributed by atoms with van der Waals surface area (Å²) in [6.45, 7) is 5.32. The van der Waals surface area contributed by atoms with Gasteiger partial charge in [-0.05, 0) is 48.3 Å². The summed E-state index contributed by atoms with van der Waals surface area (Å²) < 4.78 is 6.58. The third-order valence-electron chi connectivity index (χ3n) is 4.74. The number of aromatic amines is 1. The molecule has 24 heavy (non-hydrogen) atoms. The maximum Gasteiger partial charge on any atom is 0.343 e. The van der Waals surface area contributed by atoms with E-state index < -0.39 is 0 Å². The van der Waals surface area contributed by atoms with Gasteiger partial charge >= 0.3 is 5.69 Å². The summed E-state index contributed by atoms with van der Waals surface area (Å²) in [5.74, 6) is 1.14. The fraction of sp³-hybridized carbons (Fsp3) is 0.500. The summed E-state index contributed by atoms with van der Waals surface area (Å²) in [5.41, 5.74) is 2.60. The van der Waals surface area contributed by atoms with Crippen LogP contribution in [0.5, 0.6) is 0 Å². The molecule has 0 spiro atoms. The summed E-state index contributed by atoms with van der Waals surface area (Å²) in [6, 6.07) is 5.94. The summed E-state index contributed by atoms with van der Waals surface area (Å²) in [6.07, 6.45) is 2.14. The molecular weight excluding hydrogens is 308 g/mol. The van der Waals surface area contributed by atoms with E-state index in [1.54, 1.807) is 4.57 Å². The average molecular weight is 328 g/mol. The van der Waals surface area contributed by atoms with Crippen LogP contribution in [0.3, 0.4) is 0 Å². The summed E-state index contributed by atoms with van der Waals surface area (Å²) in [5, 5.41) is 14.8. The predicted molar refractivity (Wildman–Crippen MR) is 87.6 cm³/mol. The lowest BCUT2D eigenvalue weighted by molar-refractivity contribution is 0.195. The van der Waals surface area contributed by atoms with Gasteiger partial charge in [-0.2, -0.15) is 5.10 Å². The molecule has 126 valence electrons. The number of aromatic nitrogens is 5. The quantitative estimate of drug-likeness (QED) is 0.780. The first-order chi connectivity index (χ1) is 11.8. The van der Waals surface area contributed by atoms with Gasteiger partial charge in [-0.1, -0.05) is 12.1 Å². The van der Waals surface area contributed by atoms with Crippen LogP contribution >= 0.6 is 0 Å². The van der Waals surface area contributed by atoms with Crippen molar-refractivity contribution in [2.24, 2.45) is 0 Å². The van der Waals surface area contributed by atoms with Gasteiger partial charge in [0.1, 0.15) is 16.9 Å². The van der Waals surface area contributed by atoms with E-state index in [1.807, 2.05) is 19.1 Å². The molecule has 1 fully saturated rings. The Morgan fingerprint density at radius 3 is 3.17 bits per heavy atom. The predicted octanol–water partition coefficient (Wildman–Crippen LogP) is 1.51. The molecule has 1 unspecified atom stereocenters. The van der Waals surface area contributed by atoms with E-state index in [1.165, 1.54) is 0 Å². The highest BCUT2D eigenvalue weighted by atomic mass is 16.6. The zero-order chi connectivity index (χ0) is 16.5. The van der Waals surface area contributed by atoms with Crippen molar-refractivity contribution in [1.29, 1.82) is 0 Å². The Bertz CT molecular complexity index is 895. The molecule has 1 N–H and O–H groups in total. The monoisotopic (exact) mass is 328 g/mol. The molecule has 1 saturated heterocycles. The Balaban J connectivity index is 1.55. The Hall–Kier alpha value is -2.48. The molecule has 8 nitrogen and oxygen atoms in total. The topological polar surface area (TPSA) is 92.8 Å². The van der Waals surface area contributed by atoms with Crippen molar-refractivity contribution in [2.75, 3.05) is 13.1 Å². The Labute approximate surface area is 138 Å². The number of fused-ring (bicyclic) bond motifs is 1. The van der Waals surface area contributed by atoms with Gasteiger partial charge in [-0.25, -0.2) is 14.5 Å². The second kappa shape index (κ2) is 6.20. The van der Waals surface area contributed by atoms with E-state index >= 15 is 0 Å². The number of nitrogens with zero attached hydrogens (tertiary/aromatic N) is 5. The van der Waals surface area contributed by atoms with Crippen LogP contribution < -0.4 is 5.69 Å². The second-order valence-electron chi connectivity index (χ2n) is 6.25. The molecule has 0 radical (unpaired) electrons. The third kappa shape index (κ3) is 2.62. The number of H-pyrrole nitrogens is 1. The molecule has 4 rings (SSSR count). The van der Waals surface area contributed by atoms with Crippen LogP contribution in [-0.2, 0) is 13.1 Å². The minimum Gasteiger partial charge on any atom is -0.298 e. The molecular formula is C16H20N6O2. The van der Waals surface area contributed by atoms with Crippen molar-refractivity contribution in [3.63, 3.8) is 0 Å². The highest BCUT2D eigenvalue weighted by Gasteiger charge is 2.26. The first-order valence-electron chi connectivity index (χ1n) is 8.34. The summed E-state index contributed by atoms with van der Waals surface area (Å²) in [7, 11) is 0. The number of hydrogen-bond acceptors (Lipinski definition) is 6. The van der Waals surface area contributed by atoms with Crippen molar-refractivity contribution in [1.82, 2.24) is 30.0 Å². The standard InChI is InChI=1S/C16H20N6O2/c1-2-22-15(17-18-16(22)23)12-6-4-8-21(10-12)9-11-5-3-7-13-14(11)20-24-19-13/h3,5,7,12H,2,4,6,8-10H2,1H3,(H,18,23). The van der Waals surface area contributed by atoms with Gasteiger partial charge in [-0.15, -0.1) is 0 Å². The van der Waals surface area contributed by atoms with Crippen LogP contribution in [-0.4, -0.2) is 43.1 Å². The molecule has 8 heteroatoms. The average Bonchev–Trinajstić information content (AvgIpc) is 3.22. The first kappa shape index (κ1) is 15.1. The van der Waals surface area contributed by atoms with Crippen molar-refractivity contribution in [2.45, 2.75) is 38.8 Å². The maximum absolute atomic E-state index is 11.8. The molecule has 0 bridgehead atoms. The van der Waals surface area contributed by atoms with Crippen LogP contribution in [0.1, 0.15) is 37.1 Å². The van der Waals surface area contributed by atoms with Gasteiger partial charge in [0.05, 0.1) is 0 Å². The maximum atomic E-state index is 11.8. The molecule has 2 aromatic heterocycles. The molecule has 1 aliphatic rings. The van der Waals surface area contributed by atoms with Gasteiger partial charge in [0, 0.05) is 25.6 Å². The van der Waals surface area contributed by atoms with Gasteiger partial charge in [-0.3, -0.25) is 9.47 Å². The van der Waals surface area contributed by atoms with Gasteiger partial charge < -0.3 is 0 Å². The molecule has 1 atom stereocenters. The largest absolute Gasteiger partial charge is 0.343 e. The smallest absolute Gasteiger partial charge is 0.298 e. The van der Waals surface area contributed by atoms with Crippen molar-refractivity contribution >= 4 is 11.0 Å². The molecule has 1 aliphatic heterocycles. The van der Waals surface area contributed by atoms with E-state index in [0.717, 1.165) is 54.9 Å². The third-order valence-corrected chi connectivity index (χ3v) is 4.74. The number of hydrogen-bond donors (Lipinski definition) is 1. The Kier molecular flexibility index (Phi) is 3.89. The minimum absolute atomic E-state index is 0.122. The highest BCUT2D eigenvalue weighted by Crippen LogP contribution is 2.27. The zero-order valence-electron chi connectivity index (χ0n) is 13.6. The van der Waals surface area contributed by atoms with E-state index in [-0.39, 0.29) is 11.6 Å². The first-order valence-corrected chi connectivity index (χ1v) is 8.34. The SMILES string of the molecule is CCn1c(C2CCCN(Cc3cccc4nonc34)C2)n[nH]c1=O. The van der Waals surface area contributed by atoms with Gasteiger partial charge in [0.25, 0.3) is 0 Å². The fourth-order valence-corrected chi connectivity index (χ4v) is 3.59. The number of rotatable bonds is 4. The number of piperidine rings is 1. The lowest BCUT2D eigenvalue weighted by Gasteiger charge is -2.32. The Morgan fingerprint density at radius 2 is 2.29 bits per heavy atom. The van der Waals surface area contributed by atoms with Crippen molar-refractivity contribution in [3.05, 3.63) is 40.1 Å². The Morgan fingerprint density at radius 1 is 1.38 bits per heavy atom. The van der Waals surface area contributed by atoms with Crippen molar-refractivity contribution < 1.29 is 4.63 Å². The van der Waals surface area contributed by atoms with E-state index in [0.29, 0.717) is 6.54 Å². The lowest BCUT2D eigenvalue weighted by Crippen LogP contribution is -2.35. The molecule has 0 saturated carbocycles. The van der Waals surface area contributed by atoms with Crippen LogP contribution in [0.2, 0.25) is 0 Å². The molecule has 1 aromatic carbocycles. The van der Waals surface area contributed by atoms with Crippen LogP contribution in [0.25, 0.3) is 11.0 Å². The molecule has 0 aliphatic carbocycles. The minimum atomic E-state index is -0.122. The lowest BCUT2D eigenvalue weighted by atomic mass is 9.96. The summed E-state index contributed by atoms with van der Waals surface area (Å²) in [4.78, 5) is 14.2. The van der Waals surface area contributed by atoms with Crippen LogP contribution in [0.4, 0.5) is 0 Å². The van der Waals surface area contributed by atoms with Gasteiger partial charge in [0.15, 0.2) is 0 Å². The summed E-state index contributed by atoms with van der Waals surface area (Å²) >= 11 is 0. The number of nitrogens with one attached hydrogen (secondary N) is 1. The fourth-order valence-electron chi connectivity index (χ4n) is 3.59. The second-order valence-corrected chi connectivity index (χ2v) is 6.25. The van der Waals surface area contributed by atoms with E-state index in [2.05, 4.69) is 31.5 Å². The molecule has 3 aromatic rings. The highest BCUT2D eigenvalue weighted by molar-refractivity contribution is 5.76. The van der Waals surface area contributed by atoms with Crippen LogP contribution in [0, 0.1) is 0 Å². The van der Waals surface area contributed by atoms with E-state index in [9.17, 15) is 4.79 Å². The normalized spacial score (nSPS) is 19.1. The van der Waals surface area contributed by atoms with Gasteiger partial charge in [0.2, 0.25) is 0 Å². The van der Waals surface area contributed by atoms with Crippen molar-refractivity contribution in [3.8, 4) is 0 Å². The number of likely N-dealkylation sites (tertiary alicyclic amines) is 1. The number of benzene rings is 1. The van der Waals surface area contributed by atoms with E-state index in [4.69, 9.17) is 4.63 Å².